The molecule has 0 radical (unpaired) electrons. The fraction of sp³-hybridized carbons (Fsp3) is 0.345. The van der Waals surface area contributed by atoms with E-state index in [-0.39, 0.29) is 16.8 Å². The molecular formula is C29H32O2. The second-order valence-corrected chi connectivity index (χ2v) is 9.97. The van der Waals surface area contributed by atoms with Gasteiger partial charge < -0.3 is 4.74 Å². The largest absolute Gasteiger partial charge is 0.465 e. The zero-order valence-electron chi connectivity index (χ0n) is 19.7. The first-order valence-corrected chi connectivity index (χ1v) is 10.7. The molecule has 1 aliphatic carbocycles. The topological polar surface area (TPSA) is 26.3 Å². The van der Waals surface area contributed by atoms with Crippen molar-refractivity contribution in [2.45, 2.75) is 53.4 Å². The predicted octanol–water partition coefficient (Wildman–Crippen LogP) is 7.15. The molecule has 0 bridgehead atoms. The molecule has 160 valence electrons. The molecule has 2 aromatic carbocycles. The Balaban J connectivity index is 1.97. The molecule has 0 spiro atoms. The molecule has 2 nitrogen and oxygen atoms in total. The lowest BCUT2D eigenvalue weighted by atomic mass is 9.70. The highest BCUT2D eigenvalue weighted by Crippen LogP contribution is 2.42. The minimum absolute atomic E-state index is 0.0334. The van der Waals surface area contributed by atoms with E-state index in [0.29, 0.717) is 5.56 Å². The Hall–Kier alpha value is -3.05. The van der Waals surface area contributed by atoms with Crippen molar-refractivity contribution in [2.75, 3.05) is 7.11 Å². The average molecular weight is 413 g/mol. The number of benzene rings is 2. The van der Waals surface area contributed by atoms with E-state index in [4.69, 9.17) is 4.74 Å². The van der Waals surface area contributed by atoms with Crippen LogP contribution in [0.2, 0.25) is 0 Å². The Labute approximate surface area is 187 Å². The fourth-order valence-corrected chi connectivity index (χ4v) is 4.00. The quantitative estimate of drug-likeness (QED) is 0.304. The molecule has 2 heteroatoms. The highest BCUT2D eigenvalue weighted by molar-refractivity contribution is 5.90. The molecule has 0 N–H and O–H groups in total. The first kappa shape index (κ1) is 22.6. The second-order valence-electron chi connectivity index (χ2n) is 9.97. The van der Waals surface area contributed by atoms with Crippen LogP contribution in [0, 0.1) is 17.3 Å². The molecule has 0 saturated heterocycles. The lowest BCUT2D eigenvalue weighted by Crippen LogP contribution is -2.23. The lowest BCUT2D eigenvalue weighted by Gasteiger charge is -2.34. The summed E-state index contributed by atoms with van der Waals surface area (Å²) in [6.45, 7) is 13.3. The van der Waals surface area contributed by atoms with Gasteiger partial charge in [-0.3, -0.25) is 0 Å². The van der Waals surface area contributed by atoms with Gasteiger partial charge in [0.1, 0.15) is 0 Å². The summed E-state index contributed by atoms with van der Waals surface area (Å²) in [5.41, 5.74) is 7.91. The van der Waals surface area contributed by atoms with Crippen molar-refractivity contribution in [2.24, 2.45) is 5.41 Å². The van der Waals surface area contributed by atoms with Gasteiger partial charge in [-0.15, -0.1) is 0 Å². The number of carbonyl (C=O) groups is 1. The monoisotopic (exact) mass is 412 g/mol. The minimum Gasteiger partial charge on any atom is -0.465 e. The third-order valence-corrected chi connectivity index (χ3v) is 5.54. The van der Waals surface area contributed by atoms with Gasteiger partial charge in [0, 0.05) is 11.0 Å². The third kappa shape index (κ3) is 5.36. The maximum atomic E-state index is 11.6. The molecule has 1 aliphatic rings. The molecule has 0 atom stereocenters. The van der Waals surface area contributed by atoms with Crippen LogP contribution in [-0.2, 0) is 10.2 Å². The number of hydrogen-bond donors (Lipinski definition) is 0. The Kier molecular flexibility index (Phi) is 6.27. The van der Waals surface area contributed by atoms with Crippen molar-refractivity contribution < 1.29 is 9.53 Å². The molecule has 31 heavy (non-hydrogen) atoms. The summed E-state index contributed by atoms with van der Waals surface area (Å²) in [6, 6.07) is 14.1. The fourth-order valence-electron chi connectivity index (χ4n) is 4.00. The molecule has 2 aromatic rings. The summed E-state index contributed by atoms with van der Waals surface area (Å²) >= 11 is 0. The van der Waals surface area contributed by atoms with Crippen LogP contribution in [0.25, 0.3) is 17.7 Å². The molecule has 0 aliphatic heterocycles. The first-order valence-electron chi connectivity index (χ1n) is 10.7. The number of methoxy groups -OCH3 is 1. The van der Waals surface area contributed by atoms with Gasteiger partial charge in [-0.25, -0.2) is 4.79 Å². The van der Waals surface area contributed by atoms with E-state index >= 15 is 0 Å². The number of rotatable bonds is 3. The van der Waals surface area contributed by atoms with Gasteiger partial charge >= 0.3 is 5.97 Å². The van der Waals surface area contributed by atoms with Gasteiger partial charge in [0.25, 0.3) is 0 Å². The summed E-state index contributed by atoms with van der Waals surface area (Å²) in [4.78, 5) is 11.6. The number of hydrogen-bond acceptors (Lipinski definition) is 2. The molecule has 0 unspecified atom stereocenters. The van der Waals surface area contributed by atoms with Crippen LogP contribution >= 0.6 is 0 Å². The molecule has 0 fully saturated rings. The molecular weight excluding hydrogens is 380 g/mol. The number of carbonyl (C=O) groups excluding carboxylic acids is 1. The maximum Gasteiger partial charge on any atom is 0.337 e. The van der Waals surface area contributed by atoms with Crippen molar-refractivity contribution in [3.05, 3.63) is 75.9 Å². The van der Waals surface area contributed by atoms with Crippen molar-refractivity contribution in [1.29, 1.82) is 0 Å². The summed E-state index contributed by atoms with van der Waals surface area (Å²) in [5, 5.41) is 0. The zero-order valence-corrected chi connectivity index (χ0v) is 19.7. The van der Waals surface area contributed by atoms with E-state index in [1.807, 2.05) is 12.1 Å². The van der Waals surface area contributed by atoms with Gasteiger partial charge in [0.2, 0.25) is 0 Å². The SMILES string of the molecule is COC(=O)c1ccc(C=Cc2ccc3c(c2)C(C#CC(C)(C)C)=C(C)CC3(C)C)cc1. The maximum absolute atomic E-state index is 11.6. The van der Waals surface area contributed by atoms with E-state index in [1.54, 1.807) is 12.1 Å². The smallest absolute Gasteiger partial charge is 0.337 e. The number of ether oxygens (including phenoxy) is 1. The summed E-state index contributed by atoms with van der Waals surface area (Å²) in [6.07, 6.45) is 5.20. The standard InChI is InChI=1S/C29H32O2/c1-20-19-29(5,6)26-15-12-22(18-25(26)24(20)16-17-28(2,3)4)9-8-21-10-13-23(14-11-21)27(30)31-7/h8-15,18H,19H2,1-7H3. The zero-order chi connectivity index (χ0) is 22.8. The Morgan fingerprint density at radius 2 is 1.65 bits per heavy atom. The van der Waals surface area contributed by atoms with Crippen LogP contribution < -0.4 is 0 Å². The molecule has 3 rings (SSSR count). The second kappa shape index (κ2) is 8.60. The Morgan fingerprint density at radius 3 is 2.26 bits per heavy atom. The van der Waals surface area contributed by atoms with Crippen LogP contribution in [0.1, 0.15) is 80.6 Å². The van der Waals surface area contributed by atoms with Crippen molar-refractivity contribution in [3.8, 4) is 11.8 Å². The minimum atomic E-state index is -0.320. The van der Waals surface area contributed by atoms with Crippen LogP contribution in [-0.4, -0.2) is 13.1 Å². The van der Waals surface area contributed by atoms with Crippen LogP contribution in [0.15, 0.2) is 48.0 Å². The van der Waals surface area contributed by atoms with Gasteiger partial charge in [0.15, 0.2) is 0 Å². The van der Waals surface area contributed by atoms with Crippen LogP contribution in [0.5, 0.6) is 0 Å². The molecule has 0 amide bonds. The number of fused-ring (bicyclic) bond motifs is 1. The van der Waals surface area contributed by atoms with E-state index in [9.17, 15) is 4.79 Å². The first-order chi connectivity index (χ1) is 14.5. The molecule has 0 heterocycles. The van der Waals surface area contributed by atoms with Gasteiger partial charge in [-0.2, -0.15) is 0 Å². The normalized spacial score (nSPS) is 15.3. The molecule has 0 saturated carbocycles. The van der Waals surface area contributed by atoms with Crippen molar-refractivity contribution >= 4 is 23.7 Å². The summed E-state index contributed by atoms with van der Waals surface area (Å²) in [5.74, 6) is 6.59. The van der Waals surface area contributed by atoms with E-state index in [2.05, 4.69) is 83.7 Å². The van der Waals surface area contributed by atoms with E-state index in [1.165, 1.54) is 29.4 Å². The highest BCUT2D eigenvalue weighted by atomic mass is 16.5. The number of allylic oxidation sites excluding steroid dienone is 2. The Bertz CT molecular complexity index is 1110. The number of esters is 1. The predicted molar refractivity (Wildman–Crippen MR) is 131 cm³/mol. The van der Waals surface area contributed by atoms with Gasteiger partial charge in [0.05, 0.1) is 12.7 Å². The highest BCUT2D eigenvalue weighted by Gasteiger charge is 2.30. The summed E-state index contributed by atoms with van der Waals surface area (Å²) in [7, 11) is 1.39. The Morgan fingerprint density at radius 1 is 1.03 bits per heavy atom. The van der Waals surface area contributed by atoms with Crippen molar-refractivity contribution in [3.63, 3.8) is 0 Å². The molecule has 0 aromatic heterocycles. The van der Waals surface area contributed by atoms with Crippen molar-refractivity contribution in [1.82, 2.24) is 0 Å². The van der Waals surface area contributed by atoms with E-state index in [0.717, 1.165) is 17.5 Å². The van der Waals surface area contributed by atoms with E-state index < -0.39 is 0 Å². The average Bonchev–Trinajstić information content (AvgIpc) is 2.70. The van der Waals surface area contributed by atoms with Gasteiger partial charge in [-0.1, -0.05) is 67.7 Å². The van der Waals surface area contributed by atoms with Gasteiger partial charge in [-0.05, 0) is 80.0 Å². The lowest BCUT2D eigenvalue weighted by molar-refractivity contribution is 0.0600. The van der Waals surface area contributed by atoms with Crippen LogP contribution in [0.3, 0.4) is 0 Å². The summed E-state index contributed by atoms with van der Waals surface area (Å²) < 4.78 is 4.76. The van der Waals surface area contributed by atoms with Crippen LogP contribution in [0.4, 0.5) is 0 Å². The third-order valence-electron chi connectivity index (χ3n) is 5.54.